The molecule has 0 spiro atoms. The van der Waals surface area contributed by atoms with Gasteiger partial charge in [-0.1, -0.05) is 44.0 Å². The molecule has 21 heavy (non-hydrogen) atoms. The number of rotatable bonds is 3. The number of benzene rings is 1. The summed E-state index contributed by atoms with van der Waals surface area (Å²) in [6, 6.07) is 8.41. The largest absolute Gasteiger partial charge is 0.349 e. The van der Waals surface area contributed by atoms with Gasteiger partial charge in [-0.3, -0.25) is 4.79 Å². The quantitative estimate of drug-likeness (QED) is 0.896. The Morgan fingerprint density at radius 3 is 2.52 bits per heavy atom. The van der Waals surface area contributed by atoms with Crippen LogP contribution in [0, 0.1) is 11.8 Å². The highest BCUT2D eigenvalue weighted by atomic mass is 16.2. The number of carbonyl (C=O) groups excluding carboxylic acids is 1. The number of hydrogen-bond acceptors (Lipinski definition) is 2. The Morgan fingerprint density at radius 1 is 1.29 bits per heavy atom. The molecule has 1 saturated carbocycles. The minimum Gasteiger partial charge on any atom is -0.349 e. The molecule has 0 bridgehead atoms. The molecule has 3 heteroatoms. The van der Waals surface area contributed by atoms with Crippen LogP contribution in [0.25, 0.3) is 0 Å². The smallest absolute Gasteiger partial charge is 0.224 e. The summed E-state index contributed by atoms with van der Waals surface area (Å²) in [6.07, 6.45) is 6.37. The van der Waals surface area contributed by atoms with Crippen LogP contribution in [0.5, 0.6) is 0 Å². The van der Waals surface area contributed by atoms with Crippen LogP contribution in [0.1, 0.15) is 43.7 Å². The molecule has 114 valence electrons. The van der Waals surface area contributed by atoms with Crippen molar-refractivity contribution >= 4 is 5.91 Å². The van der Waals surface area contributed by atoms with Crippen LogP contribution in [0.15, 0.2) is 24.3 Å². The summed E-state index contributed by atoms with van der Waals surface area (Å²) in [7, 11) is 0. The van der Waals surface area contributed by atoms with Crippen molar-refractivity contribution in [3.8, 4) is 0 Å². The average molecular weight is 286 g/mol. The predicted octanol–water partition coefficient (Wildman–Crippen LogP) is 2.43. The van der Waals surface area contributed by atoms with Gasteiger partial charge in [0, 0.05) is 12.5 Å². The van der Waals surface area contributed by atoms with Crippen molar-refractivity contribution in [2.45, 2.75) is 51.0 Å². The second kappa shape index (κ2) is 5.80. The molecule has 2 aliphatic rings. The Kier molecular flexibility index (Phi) is 4.03. The predicted molar refractivity (Wildman–Crippen MR) is 84.9 cm³/mol. The first-order valence-corrected chi connectivity index (χ1v) is 8.23. The molecular weight excluding hydrogens is 260 g/mol. The highest BCUT2D eigenvalue weighted by Crippen LogP contribution is 2.34. The van der Waals surface area contributed by atoms with E-state index in [2.05, 4.69) is 36.5 Å². The molecule has 1 aromatic carbocycles. The third kappa shape index (κ3) is 2.71. The van der Waals surface area contributed by atoms with Gasteiger partial charge in [-0.2, -0.15) is 0 Å². The Bertz CT molecular complexity index is 503. The zero-order valence-corrected chi connectivity index (χ0v) is 12.9. The topological polar surface area (TPSA) is 55.1 Å². The Hall–Kier alpha value is -1.35. The molecule has 2 atom stereocenters. The van der Waals surface area contributed by atoms with E-state index >= 15 is 0 Å². The van der Waals surface area contributed by atoms with Gasteiger partial charge in [0.2, 0.25) is 5.91 Å². The van der Waals surface area contributed by atoms with Gasteiger partial charge in [-0.15, -0.1) is 0 Å². The Morgan fingerprint density at radius 2 is 1.95 bits per heavy atom. The van der Waals surface area contributed by atoms with E-state index in [4.69, 9.17) is 5.73 Å². The summed E-state index contributed by atoms with van der Waals surface area (Å²) < 4.78 is 0. The molecular formula is C18H26N2O. The van der Waals surface area contributed by atoms with E-state index in [9.17, 15) is 4.79 Å². The van der Waals surface area contributed by atoms with Crippen LogP contribution in [-0.4, -0.2) is 18.0 Å². The maximum absolute atomic E-state index is 12.7. The van der Waals surface area contributed by atoms with E-state index in [0.717, 1.165) is 19.3 Å². The monoisotopic (exact) mass is 286 g/mol. The highest BCUT2D eigenvalue weighted by molar-refractivity contribution is 5.81. The number of nitrogens with one attached hydrogen (secondary N) is 1. The minimum absolute atomic E-state index is 0.0833. The first-order valence-electron chi connectivity index (χ1n) is 8.23. The maximum Gasteiger partial charge on any atom is 0.224 e. The number of amides is 1. The van der Waals surface area contributed by atoms with Gasteiger partial charge in [0.15, 0.2) is 0 Å². The third-order valence-electron chi connectivity index (χ3n) is 5.61. The average Bonchev–Trinajstić information content (AvgIpc) is 2.94. The van der Waals surface area contributed by atoms with E-state index in [1.807, 2.05) is 0 Å². The van der Waals surface area contributed by atoms with Crippen LogP contribution < -0.4 is 11.1 Å². The van der Waals surface area contributed by atoms with Gasteiger partial charge in [-0.25, -0.2) is 0 Å². The molecule has 3 nitrogen and oxygen atoms in total. The van der Waals surface area contributed by atoms with E-state index in [-0.39, 0.29) is 17.4 Å². The van der Waals surface area contributed by atoms with Crippen molar-refractivity contribution in [2.24, 2.45) is 17.6 Å². The lowest BCUT2D eigenvalue weighted by molar-refractivity contribution is -0.127. The van der Waals surface area contributed by atoms with Crippen LogP contribution in [0.3, 0.4) is 0 Å². The molecule has 3 rings (SSSR count). The standard InChI is InChI=1S/C18H26N2O/c1-13-6-4-5-9-18(13,12-19)20-17(21)16-10-14-7-2-3-8-15(14)11-16/h2-3,7-8,13,16H,4-6,9-12,19H2,1H3,(H,20,21). The lowest BCUT2D eigenvalue weighted by Gasteiger charge is -2.43. The molecule has 3 N–H and O–H groups in total. The zero-order chi connectivity index (χ0) is 14.9. The molecule has 1 fully saturated rings. The molecule has 2 aliphatic carbocycles. The van der Waals surface area contributed by atoms with Gasteiger partial charge < -0.3 is 11.1 Å². The molecule has 0 saturated heterocycles. The van der Waals surface area contributed by atoms with E-state index in [1.165, 1.54) is 30.4 Å². The van der Waals surface area contributed by atoms with Crippen molar-refractivity contribution in [1.82, 2.24) is 5.32 Å². The summed E-state index contributed by atoms with van der Waals surface area (Å²) >= 11 is 0. The zero-order valence-electron chi connectivity index (χ0n) is 12.9. The minimum atomic E-state index is -0.176. The normalized spacial score (nSPS) is 29.1. The van der Waals surface area contributed by atoms with Crippen LogP contribution in [0.2, 0.25) is 0 Å². The van der Waals surface area contributed by atoms with Gasteiger partial charge in [0.05, 0.1) is 5.54 Å². The van der Waals surface area contributed by atoms with Gasteiger partial charge in [0.1, 0.15) is 0 Å². The molecule has 2 unspecified atom stereocenters. The van der Waals surface area contributed by atoms with E-state index in [0.29, 0.717) is 12.5 Å². The second-order valence-corrected chi connectivity index (χ2v) is 6.87. The fourth-order valence-corrected chi connectivity index (χ4v) is 4.05. The SMILES string of the molecule is CC1CCCCC1(CN)NC(=O)C1Cc2ccccc2C1. The summed E-state index contributed by atoms with van der Waals surface area (Å²) in [5, 5.41) is 3.34. The molecule has 0 aliphatic heterocycles. The highest BCUT2D eigenvalue weighted by Gasteiger charge is 2.40. The molecule has 0 heterocycles. The Labute approximate surface area is 127 Å². The lowest BCUT2D eigenvalue weighted by atomic mass is 9.73. The third-order valence-corrected chi connectivity index (χ3v) is 5.61. The van der Waals surface area contributed by atoms with Crippen LogP contribution in [0.4, 0.5) is 0 Å². The van der Waals surface area contributed by atoms with Crippen molar-refractivity contribution in [3.05, 3.63) is 35.4 Å². The number of fused-ring (bicyclic) bond motifs is 1. The number of hydrogen-bond donors (Lipinski definition) is 2. The fourth-order valence-electron chi connectivity index (χ4n) is 4.05. The molecule has 0 radical (unpaired) electrons. The van der Waals surface area contributed by atoms with Gasteiger partial charge in [0.25, 0.3) is 0 Å². The summed E-state index contributed by atoms with van der Waals surface area (Å²) in [5.74, 6) is 0.759. The van der Waals surface area contributed by atoms with Crippen molar-refractivity contribution in [3.63, 3.8) is 0 Å². The van der Waals surface area contributed by atoms with Crippen molar-refractivity contribution in [2.75, 3.05) is 6.54 Å². The Balaban J connectivity index is 1.69. The number of carbonyl (C=O) groups is 1. The first-order chi connectivity index (χ1) is 10.1. The first kappa shape index (κ1) is 14.6. The summed E-state index contributed by atoms with van der Waals surface area (Å²) in [6.45, 7) is 2.79. The van der Waals surface area contributed by atoms with E-state index in [1.54, 1.807) is 0 Å². The van der Waals surface area contributed by atoms with E-state index < -0.39 is 0 Å². The van der Waals surface area contributed by atoms with Gasteiger partial charge >= 0.3 is 0 Å². The van der Waals surface area contributed by atoms with Crippen LogP contribution >= 0.6 is 0 Å². The summed E-state index contributed by atoms with van der Waals surface area (Å²) in [5.41, 5.74) is 8.53. The van der Waals surface area contributed by atoms with Gasteiger partial charge in [-0.05, 0) is 42.7 Å². The number of nitrogens with two attached hydrogens (primary N) is 1. The van der Waals surface area contributed by atoms with Crippen molar-refractivity contribution < 1.29 is 4.79 Å². The second-order valence-electron chi connectivity index (χ2n) is 6.87. The summed E-state index contributed by atoms with van der Waals surface area (Å²) in [4.78, 5) is 12.7. The fraction of sp³-hybridized carbons (Fsp3) is 0.611. The maximum atomic E-state index is 12.7. The molecule has 1 aromatic rings. The lowest BCUT2D eigenvalue weighted by Crippen LogP contribution is -2.60. The molecule has 0 aromatic heterocycles. The van der Waals surface area contributed by atoms with Crippen LogP contribution in [-0.2, 0) is 17.6 Å². The van der Waals surface area contributed by atoms with Crippen molar-refractivity contribution in [1.29, 1.82) is 0 Å². The molecule has 1 amide bonds.